The van der Waals surface area contributed by atoms with E-state index in [1.165, 1.54) is 0 Å². The number of hydrogen-bond donors (Lipinski definition) is 1. The topological polar surface area (TPSA) is 70.1 Å². The summed E-state index contributed by atoms with van der Waals surface area (Å²) in [5.41, 5.74) is 7.47. The number of para-hydroxylation sites is 1. The summed E-state index contributed by atoms with van der Waals surface area (Å²) < 4.78 is 5.34. The first-order valence-corrected chi connectivity index (χ1v) is 11.0. The number of anilines is 1. The van der Waals surface area contributed by atoms with Gasteiger partial charge in [-0.1, -0.05) is 24.3 Å². The Bertz CT molecular complexity index is 1150. The summed E-state index contributed by atoms with van der Waals surface area (Å²) >= 11 is 0. The molecule has 1 N–H and O–H groups in total. The van der Waals surface area contributed by atoms with E-state index in [0.717, 1.165) is 54.2 Å². The zero-order valence-corrected chi connectivity index (χ0v) is 19.3. The standard InChI is InChI=1S/C26H29N5O2/c1-19-15-23(17-27-25(19)29-28-18-22-7-4-5-10-24(22)33-3)20-8-6-9-21(16-20)26(32)31-13-11-30(2)12-14-31/h4-10,15-18H,11-14H2,1-3H3,(H,27,29)/b28-18+. The third-order valence-corrected chi connectivity index (χ3v) is 5.82. The lowest BCUT2D eigenvalue weighted by atomic mass is 10.0. The van der Waals surface area contributed by atoms with Crippen LogP contribution in [0.2, 0.25) is 0 Å². The largest absolute Gasteiger partial charge is 0.496 e. The first-order chi connectivity index (χ1) is 16.0. The number of nitrogens with one attached hydrogen (secondary N) is 1. The Morgan fingerprint density at radius 3 is 2.61 bits per heavy atom. The molecule has 0 radical (unpaired) electrons. The van der Waals surface area contributed by atoms with E-state index in [1.807, 2.05) is 66.4 Å². The second-order valence-corrected chi connectivity index (χ2v) is 8.18. The molecule has 1 fully saturated rings. The van der Waals surface area contributed by atoms with Crippen LogP contribution in [0.25, 0.3) is 11.1 Å². The third-order valence-electron chi connectivity index (χ3n) is 5.82. The van der Waals surface area contributed by atoms with Crippen LogP contribution in [0.4, 0.5) is 5.82 Å². The fourth-order valence-corrected chi connectivity index (χ4v) is 3.81. The van der Waals surface area contributed by atoms with Crippen molar-refractivity contribution in [3.8, 4) is 16.9 Å². The molecular weight excluding hydrogens is 414 g/mol. The minimum absolute atomic E-state index is 0.0820. The molecule has 2 heterocycles. The summed E-state index contributed by atoms with van der Waals surface area (Å²) in [4.78, 5) is 21.7. The SMILES string of the molecule is COc1ccccc1/C=N/Nc1ncc(-c2cccc(C(=O)N3CCN(C)CC3)c2)cc1C. The number of hydrazone groups is 1. The molecule has 0 aliphatic carbocycles. The van der Waals surface area contributed by atoms with Crippen LogP contribution in [0, 0.1) is 6.92 Å². The number of piperazine rings is 1. The smallest absolute Gasteiger partial charge is 0.253 e. The molecule has 1 aliphatic rings. The minimum Gasteiger partial charge on any atom is -0.496 e. The summed E-state index contributed by atoms with van der Waals surface area (Å²) in [6.45, 7) is 5.31. The number of nitrogens with zero attached hydrogens (tertiary/aromatic N) is 4. The van der Waals surface area contributed by atoms with Gasteiger partial charge in [0.15, 0.2) is 0 Å². The Kier molecular flexibility index (Phi) is 7.00. The zero-order chi connectivity index (χ0) is 23.2. The van der Waals surface area contributed by atoms with Gasteiger partial charge in [-0.15, -0.1) is 0 Å². The van der Waals surface area contributed by atoms with Crippen LogP contribution in [-0.2, 0) is 0 Å². The van der Waals surface area contributed by atoms with Crippen molar-refractivity contribution in [3.05, 3.63) is 77.5 Å². The molecular formula is C26H29N5O2. The minimum atomic E-state index is 0.0820. The summed E-state index contributed by atoms with van der Waals surface area (Å²) in [5, 5.41) is 4.31. The Balaban J connectivity index is 1.47. The number of hydrogen-bond acceptors (Lipinski definition) is 6. The van der Waals surface area contributed by atoms with Crippen LogP contribution >= 0.6 is 0 Å². The molecule has 33 heavy (non-hydrogen) atoms. The molecule has 1 aliphatic heterocycles. The lowest BCUT2D eigenvalue weighted by Crippen LogP contribution is -2.47. The van der Waals surface area contributed by atoms with E-state index in [4.69, 9.17) is 4.74 Å². The van der Waals surface area contributed by atoms with Crippen molar-refractivity contribution in [3.63, 3.8) is 0 Å². The number of amides is 1. The Hall–Kier alpha value is -3.71. The van der Waals surface area contributed by atoms with Crippen molar-refractivity contribution in [2.24, 2.45) is 5.10 Å². The number of aryl methyl sites for hydroxylation is 1. The predicted molar refractivity (Wildman–Crippen MR) is 132 cm³/mol. The van der Waals surface area contributed by atoms with Gasteiger partial charge >= 0.3 is 0 Å². The van der Waals surface area contributed by atoms with Gasteiger partial charge < -0.3 is 14.5 Å². The van der Waals surface area contributed by atoms with Crippen LogP contribution in [0.5, 0.6) is 5.75 Å². The van der Waals surface area contributed by atoms with Gasteiger partial charge in [0, 0.05) is 49.1 Å². The maximum absolute atomic E-state index is 12.9. The number of likely N-dealkylation sites (N-methyl/N-ethyl adjacent to an activating group) is 1. The molecule has 0 spiro atoms. The molecule has 7 nitrogen and oxygen atoms in total. The molecule has 170 valence electrons. The highest BCUT2D eigenvalue weighted by Crippen LogP contribution is 2.24. The van der Waals surface area contributed by atoms with E-state index in [0.29, 0.717) is 11.4 Å². The summed E-state index contributed by atoms with van der Waals surface area (Å²) in [6.07, 6.45) is 3.51. The average molecular weight is 444 g/mol. The Labute approximate surface area is 194 Å². The number of pyridine rings is 1. The second kappa shape index (κ2) is 10.3. The average Bonchev–Trinajstić information content (AvgIpc) is 2.85. The van der Waals surface area contributed by atoms with Gasteiger partial charge in [0.25, 0.3) is 5.91 Å². The molecule has 0 saturated carbocycles. The van der Waals surface area contributed by atoms with Crippen LogP contribution in [0.15, 0.2) is 65.9 Å². The van der Waals surface area contributed by atoms with Crippen LogP contribution in [0.1, 0.15) is 21.5 Å². The van der Waals surface area contributed by atoms with E-state index in [2.05, 4.69) is 27.5 Å². The Morgan fingerprint density at radius 2 is 1.85 bits per heavy atom. The van der Waals surface area contributed by atoms with Gasteiger partial charge in [-0.2, -0.15) is 5.10 Å². The lowest BCUT2D eigenvalue weighted by Gasteiger charge is -2.32. The lowest BCUT2D eigenvalue weighted by molar-refractivity contribution is 0.0664. The van der Waals surface area contributed by atoms with Crippen molar-refractivity contribution in [2.45, 2.75) is 6.92 Å². The van der Waals surface area contributed by atoms with Gasteiger partial charge in [-0.25, -0.2) is 4.98 Å². The molecule has 1 saturated heterocycles. The fraction of sp³-hybridized carbons (Fsp3) is 0.269. The van der Waals surface area contributed by atoms with Crippen molar-refractivity contribution >= 4 is 17.9 Å². The van der Waals surface area contributed by atoms with Crippen molar-refractivity contribution in [2.75, 3.05) is 45.8 Å². The normalized spacial score (nSPS) is 14.5. The van der Waals surface area contributed by atoms with E-state index < -0.39 is 0 Å². The molecule has 0 bridgehead atoms. The number of aromatic nitrogens is 1. The summed E-state index contributed by atoms with van der Waals surface area (Å²) in [6, 6.07) is 17.5. The second-order valence-electron chi connectivity index (χ2n) is 8.18. The van der Waals surface area contributed by atoms with E-state index in [1.54, 1.807) is 19.5 Å². The number of carbonyl (C=O) groups is 1. The first-order valence-electron chi connectivity index (χ1n) is 11.0. The van der Waals surface area contributed by atoms with Gasteiger partial charge in [-0.05, 0) is 55.4 Å². The molecule has 7 heteroatoms. The predicted octanol–water partition coefficient (Wildman–Crippen LogP) is 3.90. The van der Waals surface area contributed by atoms with Gasteiger partial charge in [0.05, 0.1) is 13.3 Å². The van der Waals surface area contributed by atoms with Crippen molar-refractivity contribution < 1.29 is 9.53 Å². The molecule has 1 aromatic heterocycles. The quantitative estimate of drug-likeness (QED) is 0.462. The third kappa shape index (κ3) is 5.38. The highest BCUT2D eigenvalue weighted by molar-refractivity contribution is 5.95. The van der Waals surface area contributed by atoms with Crippen LogP contribution in [0.3, 0.4) is 0 Å². The van der Waals surface area contributed by atoms with Crippen molar-refractivity contribution in [1.82, 2.24) is 14.8 Å². The number of carbonyl (C=O) groups excluding carboxylic acids is 1. The first kappa shape index (κ1) is 22.5. The summed E-state index contributed by atoms with van der Waals surface area (Å²) in [7, 11) is 3.72. The Morgan fingerprint density at radius 1 is 1.06 bits per heavy atom. The molecule has 3 aromatic rings. The monoisotopic (exact) mass is 443 g/mol. The number of methoxy groups -OCH3 is 1. The van der Waals surface area contributed by atoms with E-state index in [-0.39, 0.29) is 5.91 Å². The highest BCUT2D eigenvalue weighted by atomic mass is 16.5. The van der Waals surface area contributed by atoms with E-state index >= 15 is 0 Å². The van der Waals surface area contributed by atoms with Crippen molar-refractivity contribution in [1.29, 1.82) is 0 Å². The maximum atomic E-state index is 12.9. The molecule has 0 atom stereocenters. The number of benzene rings is 2. The van der Waals surface area contributed by atoms with Crippen LogP contribution in [-0.4, -0.2) is 67.2 Å². The number of rotatable bonds is 6. The molecule has 4 rings (SSSR count). The zero-order valence-electron chi connectivity index (χ0n) is 19.3. The molecule has 0 unspecified atom stereocenters. The van der Waals surface area contributed by atoms with E-state index in [9.17, 15) is 4.79 Å². The summed E-state index contributed by atoms with van der Waals surface area (Å²) in [5.74, 6) is 1.52. The van der Waals surface area contributed by atoms with Gasteiger partial charge in [0.1, 0.15) is 11.6 Å². The van der Waals surface area contributed by atoms with Crippen LogP contribution < -0.4 is 10.2 Å². The van der Waals surface area contributed by atoms with Gasteiger partial charge in [0.2, 0.25) is 0 Å². The fourth-order valence-electron chi connectivity index (χ4n) is 3.81. The maximum Gasteiger partial charge on any atom is 0.253 e. The molecule has 1 amide bonds. The molecule has 2 aromatic carbocycles. The van der Waals surface area contributed by atoms with Gasteiger partial charge in [-0.3, -0.25) is 10.2 Å². The highest BCUT2D eigenvalue weighted by Gasteiger charge is 2.20. The number of ether oxygens (including phenoxy) is 1.